The molecule has 1 aromatic heterocycles. The van der Waals surface area contributed by atoms with Crippen molar-refractivity contribution in [2.75, 3.05) is 18.0 Å². The van der Waals surface area contributed by atoms with Crippen molar-refractivity contribution in [1.29, 1.82) is 0 Å². The van der Waals surface area contributed by atoms with E-state index >= 15 is 0 Å². The summed E-state index contributed by atoms with van der Waals surface area (Å²) in [6.07, 6.45) is 12.2. The Morgan fingerprint density at radius 3 is 2.35 bits per heavy atom. The molecule has 0 aliphatic carbocycles. The zero-order valence-electron chi connectivity index (χ0n) is 18.9. The largest absolute Gasteiger partial charge is 0.478 e. The van der Waals surface area contributed by atoms with Crippen LogP contribution in [0, 0.1) is 23.7 Å². The van der Waals surface area contributed by atoms with Crippen LogP contribution in [0.15, 0.2) is 48.8 Å². The standard InChI is InChI=1S/C26H35N3O2/c1-19(2)23(15-20(3)9-10-21-7-5-4-6-8-21)16-22-11-13-29(14-12-22)26-27-17-24(18-28-26)25(30)31/h4-10,17-20,22-23H,11-16H2,1-3H3,(H,30,31)/b10-9+. The summed E-state index contributed by atoms with van der Waals surface area (Å²) in [5.74, 6) is 2.35. The molecule has 0 saturated carbocycles. The van der Waals surface area contributed by atoms with Crippen LogP contribution in [-0.4, -0.2) is 34.1 Å². The number of piperidine rings is 1. The van der Waals surface area contributed by atoms with Gasteiger partial charge in [0.2, 0.25) is 5.95 Å². The van der Waals surface area contributed by atoms with E-state index in [0.29, 0.717) is 17.8 Å². The van der Waals surface area contributed by atoms with Crippen LogP contribution < -0.4 is 4.90 Å². The first-order valence-electron chi connectivity index (χ1n) is 11.5. The van der Waals surface area contributed by atoms with E-state index in [-0.39, 0.29) is 5.56 Å². The summed E-state index contributed by atoms with van der Waals surface area (Å²) in [6, 6.07) is 10.5. The van der Waals surface area contributed by atoms with Gasteiger partial charge in [0.25, 0.3) is 0 Å². The van der Waals surface area contributed by atoms with Crippen molar-refractivity contribution >= 4 is 18.0 Å². The van der Waals surface area contributed by atoms with Crippen LogP contribution in [0.1, 0.15) is 62.4 Å². The number of hydrogen-bond acceptors (Lipinski definition) is 4. The van der Waals surface area contributed by atoms with Crippen molar-refractivity contribution < 1.29 is 9.90 Å². The van der Waals surface area contributed by atoms with Crippen LogP contribution >= 0.6 is 0 Å². The molecule has 5 heteroatoms. The van der Waals surface area contributed by atoms with Gasteiger partial charge in [-0.2, -0.15) is 0 Å². The van der Waals surface area contributed by atoms with E-state index in [2.05, 4.69) is 78.1 Å². The van der Waals surface area contributed by atoms with Gasteiger partial charge >= 0.3 is 5.97 Å². The molecule has 1 aliphatic heterocycles. The van der Waals surface area contributed by atoms with E-state index in [4.69, 9.17) is 5.11 Å². The Balaban J connectivity index is 1.49. The van der Waals surface area contributed by atoms with Crippen LogP contribution in [0.2, 0.25) is 0 Å². The van der Waals surface area contributed by atoms with E-state index in [1.54, 1.807) is 0 Å². The average molecular weight is 422 g/mol. The van der Waals surface area contributed by atoms with Crippen LogP contribution in [0.5, 0.6) is 0 Å². The lowest BCUT2D eigenvalue weighted by molar-refractivity contribution is 0.0696. The molecule has 1 fully saturated rings. The maximum absolute atomic E-state index is 11.0. The number of nitrogens with zero attached hydrogens (tertiary/aromatic N) is 3. The van der Waals surface area contributed by atoms with E-state index in [1.165, 1.54) is 30.8 Å². The second-order valence-corrected chi connectivity index (χ2v) is 9.23. The maximum Gasteiger partial charge on any atom is 0.338 e. The van der Waals surface area contributed by atoms with Crippen LogP contribution in [0.3, 0.4) is 0 Å². The lowest BCUT2D eigenvalue weighted by Crippen LogP contribution is -2.35. The number of benzene rings is 1. The van der Waals surface area contributed by atoms with Gasteiger partial charge < -0.3 is 10.0 Å². The summed E-state index contributed by atoms with van der Waals surface area (Å²) in [6.45, 7) is 8.91. The van der Waals surface area contributed by atoms with Crippen LogP contribution in [-0.2, 0) is 0 Å². The van der Waals surface area contributed by atoms with Gasteiger partial charge in [0.05, 0.1) is 5.56 Å². The number of carboxylic acids is 1. The predicted molar refractivity (Wildman–Crippen MR) is 126 cm³/mol. The molecule has 2 heterocycles. The minimum atomic E-state index is -0.988. The van der Waals surface area contributed by atoms with Gasteiger partial charge in [0, 0.05) is 25.5 Å². The van der Waals surface area contributed by atoms with E-state index in [0.717, 1.165) is 37.8 Å². The molecule has 1 aliphatic rings. The smallest absolute Gasteiger partial charge is 0.338 e. The lowest BCUT2D eigenvalue weighted by Gasteiger charge is -2.35. The van der Waals surface area contributed by atoms with Gasteiger partial charge in [0.15, 0.2) is 0 Å². The average Bonchev–Trinajstić information content (AvgIpc) is 2.78. The number of carbonyl (C=O) groups is 1. The normalized spacial score (nSPS) is 17.2. The highest BCUT2D eigenvalue weighted by molar-refractivity contribution is 5.86. The third-order valence-corrected chi connectivity index (χ3v) is 6.45. The summed E-state index contributed by atoms with van der Waals surface area (Å²) in [5.41, 5.74) is 1.40. The van der Waals surface area contributed by atoms with Crippen molar-refractivity contribution in [3.63, 3.8) is 0 Å². The van der Waals surface area contributed by atoms with Gasteiger partial charge in [0.1, 0.15) is 0 Å². The predicted octanol–water partition coefficient (Wildman–Crippen LogP) is 5.79. The summed E-state index contributed by atoms with van der Waals surface area (Å²) >= 11 is 0. The van der Waals surface area contributed by atoms with Crippen molar-refractivity contribution in [1.82, 2.24) is 9.97 Å². The van der Waals surface area contributed by atoms with Crippen LogP contribution in [0.4, 0.5) is 5.95 Å². The molecule has 1 N–H and O–H groups in total. The Kier molecular flexibility index (Phi) is 8.21. The van der Waals surface area contributed by atoms with Gasteiger partial charge in [-0.1, -0.05) is 63.3 Å². The van der Waals surface area contributed by atoms with Gasteiger partial charge in [-0.15, -0.1) is 0 Å². The molecule has 0 spiro atoms. The molecule has 2 unspecified atom stereocenters. The number of rotatable bonds is 9. The Bertz CT molecular complexity index is 841. The van der Waals surface area contributed by atoms with Crippen molar-refractivity contribution in [3.8, 4) is 0 Å². The van der Waals surface area contributed by atoms with E-state index in [9.17, 15) is 4.79 Å². The molecule has 31 heavy (non-hydrogen) atoms. The topological polar surface area (TPSA) is 66.3 Å². The lowest BCUT2D eigenvalue weighted by atomic mass is 9.78. The first-order chi connectivity index (χ1) is 14.9. The van der Waals surface area contributed by atoms with Gasteiger partial charge in [-0.25, -0.2) is 14.8 Å². The maximum atomic E-state index is 11.0. The van der Waals surface area contributed by atoms with Gasteiger partial charge in [-0.05, 0) is 54.9 Å². The van der Waals surface area contributed by atoms with Crippen molar-refractivity contribution in [2.24, 2.45) is 23.7 Å². The third-order valence-electron chi connectivity index (χ3n) is 6.45. The zero-order valence-corrected chi connectivity index (χ0v) is 18.9. The number of aromatic nitrogens is 2. The molecule has 5 nitrogen and oxygen atoms in total. The highest BCUT2D eigenvalue weighted by atomic mass is 16.4. The SMILES string of the molecule is CC(/C=C/c1ccccc1)CC(CC1CCN(c2ncc(C(=O)O)cn2)CC1)C(C)C. The molecule has 1 saturated heterocycles. The van der Waals surface area contributed by atoms with Crippen molar-refractivity contribution in [2.45, 2.75) is 46.5 Å². The highest BCUT2D eigenvalue weighted by Gasteiger charge is 2.26. The summed E-state index contributed by atoms with van der Waals surface area (Å²) in [7, 11) is 0. The fourth-order valence-corrected chi connectivity index (χ4v) is 4.43. The molecular weight excluding hydrogens is 386 g/mol. The number of allylic oxidation sites excluding steroid dienone is 1. The minimum absolute atomic E-state index is 0.133. The highest BCUT2D eigenvalue weighted by Crippen LogP contribution is 2.33. The third kappa shape index (κ3) is 6.91. The number of hydrogen-bond donors (Lipinski definition) is 1. The Morgan fingerprint density at radius 2 is 1.77 bits per heavy atom. The van der Waals surface area contributed by atoms with E-state index < -0.39 is 5.97 Å². The number of aromatic carboxylic acids is 1. The van der Waals surface area contributed by atoms with Crippen molar-refractivity contribution in [3.05, 3.63) is 59.9 Å². The molecule has 0 amide bonds. The molecule has 0 bridgehead atoms. The Morgan fingerprint density at radius 1 is 1.13 bits per heavy atom. The first kappa shape index (κ1) is 23.0. The zero-order chi connectivity index (χ0) is 22.2. The molecule has 2 aromatic rings. The monoisotopic (exact) mass is 421 g/mol. The minimum Gasteiger partial charge on any atom is -0.478 e. The van der Waals surface area contributed by atoms with E-state index in [1.807, 2.05) is 0 Å². The second kappa shape index (κ2) is 11.1. The summed E-state index contributed by atoms with van der Waals surface area (Å²) in [5, 5.41) is 9.01. The number of anilines is 1. The second-order valence-electron chi connectivity index (χ2n) is 9.23. The molecule has 166 valence electrons. The van der Waals surface area contributed by atoms with Crippen LogP contribution in [0.25, 0.3) is 6.08 Å². The first-order valence-corrected chi connectivity index (χ1v) is 11.5. The quantitative estimate of drug-likeness (QED) is 0.555. The fourth-order valence-electron chi connectivity index (χ4n) is 4.43. The Hall–Kier alpha value is -2.69. The fraction of sp³-hybridized carbons (Fsp3) is 0.500. The summed E-state index contributed by atoms with van der Waals surface area (Å²) < 4.78 is 0. The molecule has 3 rings (SSSR count). The Labute approximate surface area is 186 Å². The van der Waals surface area contributed by atoms with Gasteiger partial charge in [-0.3, -0.25) is 0 Å². The molecular formula is C26H35N3O2. The summed E-state index contributed by atoms with van der Waals surface area (Å²) in [4.78, 5) is 21.7. The number of carboxylic acid groups (broad SMARTS) is 1. The molecule has 2 atom stereocenters. The molecule has 1 aromatic carbocycles. The molecule has 0 radical (unpaired) electrons.